The zero-order chi connectivity index (χ0) is 8.27. The van der Waals surface area contributed by atoms with Crippen LogP contribution in [0.3, 0.4) is 0 Å². The Morgan fingerprint density at radius 3 is 3.09 bits per heavy atom. The first-order valence-electron chi connectivity index (χ1n) is 3.09. The molecule has 1 aromatic heterocycles. The van der Waals surface area contributed by atoms with Gasteiger partial charge in [-0.3, -0.25) is 9.36 Å². The van der Waals surface area contributed by atoms with Crippen molar-refractivity contribution in [3.05, 3.63) is 12.5 Å². The van der Waals surface area contributed by atoms with E-state index in [1.807, 2.05) is 0 Å². The molecule has 0 spiro atoms. The summed E-state index contributed by atoms with van der Waals surface area (Å²) in [4.78, 5) is 14.1. The third-order valence-electron chi connectivity index (χ3n) is 1.15. The zero-order valence-electron chi connectivity index (χ0n) is 6.15. The Balaban J connectivity index is 2.51. The minimum absolute atomic E-state index is 0.126. The van der Waals surface area contributed by atoms with E-state index in [4.69, 9.17) is 5.73 Å². The van der Waals surface area contributed by atoms with Crippen LogP contribution in [0.4, 0.5) is 5.82 Å². The van der Waals surface area contributed by atoms with Crippen molar-refractivity contribution in [1.82, 2.24) is 9.55 Å². The van der Waals surface area contributed by atoms with Gasteiger partial charge in [-0.05, 0) is 0 Å². The third-order valence-corrected chi connectivity index (χ3v) is 1.15. The fraction of sp³-hybridized carbons (Fsp3) is 0.333. The second-order valence-corrected chi connectivity index (χ2v) is 2.05. The molecule has 5 heteroatoms. The maximum atomic E-state index is 10.4. The van der Waals surface area contributed by atoms with E-state index in [2.05, 4.69) is 9.72 Å². The highest BCUT2D eigenvalue weighted by Crippen LogP contribution is 1.99. The van der Waals surface area contributed by atoms with Gasteiger partial charge in [-0.1, -0.05) is 0 Å². The number of carbonyl (C=O) groups excluding carboxylic acids is 1. The van der Waals surface area contributed by atoms with Gasteiger partial charge in [0.1, 0.15) is 5.82 Å². The molecule has 0 saturated carbocycles. The molecule has 0 unspecified atom stereocenters. The molecule has 0 saturated heterocycles. The molecule has 0 aliphatic heterocycles. The summed E-state index contributed by atoms with van der Waals surface area (Å²) in [5.74, 6) is 0.143. The summed E-state index contributed by atoms with van der Waals surface area (Å²) in [6, 6.07) is 0. The van der Waals surface area contributed by atoms with Crippen LogP contribution in [-0.2, 0) is 16.3 Å². The quantitative estimate of drug-likeness (QED) is 0.609. The molecule has 0 aliphatic carbocycles. The highest BCUT2D eigenvalue weighted by atomic mass is 16.5. The first kappa shape index (κ1) is 7.59. The molecule has 0 aromatic carbocycles. The van der Waals surface area contributed by atoms with Crippen LogP contribution in [0.15, 0.2) is 12.5 Å². The molecule has 1 heterocycles. The van der Waals surface area contributed by atoms with E-state index in [1.165, 1.54) is 24.0 Å². The molecule has 0 bridgehead atoms. The number of esters is 1. The molecule has 1 rings (SSSR count). The van der Waals surface area contributed by atoms with Crippen LogP contribution in [0.2, 0.25) is 0 Å². The summed E-state index contributed by atoms with van der Waals surface area (Å²) in [6.45, 7) is 1.47. The minimum Gasteiger partial charge on any atom is -0.444 e. The van der Waals surface area contributed by atoms with Gasteiger partial charge in [-0.25, -0.2) is 4.98 Å². The van der Waals surface area contributed by atoms with E-state index in [0.717, 1.165) is 0 Å². The van der Waals surface area contributed by atoms with E-state index in [-0.39, 0.29) is 12.7 Å². The number of ether oxygens (including phenoxy) is 1. The second kappa shape index (κ2) is 3.05. The van der Waals surface area contributed by atoms with Crippen LogP contribution < -0.4 is 5.73 Å². The number of rotatable bonds is 2. The van der Waals surface area contributed by atoms with Crippen molar-refractivity contribution in [2.75, 3.05) is 5.73 Å². The number of nitrogens with two attached hydrogens (primary N) is 1. The number of carbonyl (C=O) groups is 1. The van der Waals surface area contributed by atoms with Crippen LogP contribution in [0.1, 0.15) is 6.92 Å². The predicted octanol–water partition coefficient (Wildman–Crippen LogP) is -0.0141. The number of aromatic nitrogens is 2. The van der Waals surface area contributed by atoms with Gasteiger partial charge < -0.3 is 10.5 Å². The Labute approximate surface area is 63.8 Å². The van der Waals surface area contributed by atoms with Gasteiger partial charge in [0.25, 0.3) is 0 Å². The van der Waals surface area contributed by atoms with Gasteiger partial charge in [-0.2, -0.15) is 0 Å². The highest BCUT2D eigenvalue weighted by molar-refractivity contribution is 5.65. The summed E-state index contributed by atoms with van der Waals surface area (Å²) in [5.41, 5.74) is 5.44. The Morgan fingerprint density at radius 2 is 2.64 bits per heavy atom. The average Bonchev–Trinajstić information content (AvgIpc) is 2.31. The molecule has 0 fully saturated rings. The number of imidazole rings is 1. The third kappa shape index (κ3) is 1.96. The van der Waals surface area contributed by atoms with Crippen LogP contribution in [0.25, 0.3) is 0 Å². The number of hydrogen-bond donors (Lipinski definition) is 1. The SMILES string of the molecule is CC(=O)OCn1cncc1N. The molecule has 0 atom stereocenters. The smallest absolute Gasteiger partial charge is 0.304 e. The van der Waals surface area contributed by atoms with Gasteiger partial charge in [0, 0.05) is 6.92 Å². The van der Waals surface area contributed by atoms with Crippen LogP contribution in [-0.4, -0.2) is 15.5 Å². The predicted molar refractivity (Wildman–Crippen MR) is 38.4 cm³/mol. The summed E-state index contributed by atoms with van der Waals surface area (Å²) >= 11 is 0. The molecule has 60 valence electrons. The Kier molecular flexibility index (Phi) is 2.10. The lowest BCUT2D eigenvalue weighted by molar-refractivity contribution is -0.144. The Hall–Kier alpha value is -1.52. The lowest BCUT2D eigenvalue weighted by Crippen LogP contribution is -2.07. The minimum atomic E-state index is -0.335. The summed E-state index contributed by atoms with van der Waals surface area (Å²) in [7, 11) is 0. The molecule has 0 amide bonds. The topological polar surface area (TPSA) is 70.1 Å². The Bertz CT molecular complexity index is 256. The van der Waals surface area contributed by atoms with Crippen molar-refractivity contribution in [3.63, 3.8) is 0 Å². The molecule has 0 aliphatic rings. The van der Waals surface area contributed by atoms with Gasteiger partial charge in [-0.15, -0.1) is 0 Å². The standard InChI is InChI=1S/C6H9N3O2/c1-5(10)11-4-9-3-8-2-6(9)7/h2-3H,4,7H2,1H3. The number of hydrogen-bond acceptors (Lipinski definition) is 4. The Morgan fingerprint density at radius 1 is 1.91 bits per heavy atom. The second-order valence-electron chi connectivity index (χ2n) is 2.05. The van der Waals surface area contributed by atoms with E-state index < -0.39 is 0 Å². The molecule has 1 aromatic rings. The number of nitrogens with zero attached hydrogens (tertiary/aromatic N) is 2. The largest absolute Gasteiger partial charge is 0.444 e. The summed E-state index contributed by atoms with van der Waals surface area (Å²) in [5, 5.41) is 0. The normalized spacial score (nSPS) is 9.55. The van der Waals surface area contributed by atoms with Crippen molar-refractivity contribution in [3.8, 4) is 0 Å². The van der Waals surface area contributed by atoms with Gasteiger partial charge in [0.2, 0.25) is 0 Å². The molecular formula is C6H9N3O2. The van der Waals surface area contributed by atoms with E-state index >= 15 is 0 Å². The van der Waals surface area contributed by atoms with Crippen LogP contribution in [0, 0.1) is 0 Å². The number of nitrogen functional groups attached to an aromatic ring is 1. The fourth-order valence-electron chi connectivity index (χ4n) is 0.599. The molecule has 5 nitrogen and oxygen atoms in total. The van der Waals surface area contributed by atoms with Gasteiger partial charge >= 0.3 is 5.97 Å². The lowest BCUT2D eigenvalue weighted by atomic mass is 10.7. The van der Waals surface area contributed by atoms with Crippen molar-refractivity contribution in [2.45, 2.75) is 13.7 Å². The molecular weight excluding hydrogens is 146 g/mol. The highest BCUT2D eigenvalue weighted by Gasteiger charge is 1.97. The maximum absolute atomic E-state index is 10.4. The maximum Gasteiger partial charge on any atom is 0.304 e. The molecule has 2 N–H and O–H groups in total. The summed E-state index contributed by atoms with van der Waals surface area (Å²) in [6.07, 6.45) is 2.99. The first-order valence-corrected chi connectivity index (χ1v) is 3.09. The van der Waals surface area contributed by atoms with Gasteiger partial charge in [0.15, 0.2) is 6.73 Å². The summed E-state index contributed by atoms with van der Waals surface area (Å²) < 4.78 is 6.20. The monoisotopic (exact) mass is 155 g/mol. The zero-order valence-corrected chi connectivity index (χ0v) is 6.15. The van der Waals surface area contributed by atoms with E-state index in [1.54, 1.807) is 0 Å². The van der Waals surface area contributed by atoms with Crippen molar-refractivity contribution in [2.24, 2.45) is 0 Å². The molecule has 0 radical (unpaired) electrons. The van der Waals surface area contributed by atoms with Gasteiger partial charge in [0.05, 0.1) is 12.5 Å². The first-order chi connectivity index (χ1) is 5.20. The average molecular weight is 155 g/mol. The van der Waals surface area contributed by atoms with Crippen molar-refractivity contribution < 1.29 is 9.53 Å². The number of anilines is 1. The van der Waals surface area contributed by atoms with E-state index in [9.17, 15) is 4.79 Å². The van der Waals surface area contributed by atoms with Crippen LogP contribution >= 0.6 is 0 Å². The van der Waals surface area contributed by atoms with Crippen molar-refractivity contribution >= 4 is 11.8 Å². The van der Waals surface area contributed by atoms with E-state index in [0.29, 0.717) is 5.82 Å². The van der Waals surface area contributed by atoms with Crippen LogP contribution in [0.5, 0.6) is 0 Å². The van der Waals surface area contributed by atoms with Crippen molar-refractivity contribution in [1.29, 1.82) is 0 Å². The lowest BCUT2D eigenvalue weighted by Gasteiger charge is -2.03. The fourth-order valence-corrected chi connectivity index (χ4v) is 0.599. The molecule has 11 heavy (non-hydrogen) atoms.